The summed E-state index contributed by atoms with van der Waals surface area (Å²) in [5, 5.41) is 9.88. The monoisotopic (exact) mass is 281 g/mol. The molecule has 0 radical (unpaired) electrons. The van der Waals surface area contributed by atoms with Crippen LogP contribution in [0, 0.1) is 6.92 Å². The first-order valence-electron chi connectivity index (χ1n) is 6.43. The van der Waals surface area contributed by atoms with E-state index in [0.29, 0.717) is 5.82 Å². The van der Waals surface area contributed by atoms with Gasteiger partial charge < -0.3 is 5.11 Å². The molecule has 0 saturated carbocycles. The van der Waals surface area contributed by atoms with Gasteiger partial charge in [-0.3, -0.25) is 4.90 Å². The minimum absolute atomic E-state index is 0.167. The molecule has 20 heavy (non-hydrogen) atoms. The van der Waals surface area contributed by atoms with E-state index < -0.39 is 13.0 Å². The van der Waals surface area contributed by atoms with E-state index in [2.05, 4.69) is 9.97 Å². The third kappa shape index (κ3) is 3.68. The van der Waals surface area contributed by atoms with Gasteiger partial charge in [-0.1, -0.05) is 18.2 Å². The van der Waals surface area contributed by atoms with Crippen LogP contribution in [0.4, 0.5) is 8.78 Å². The predicted molar refractivity (Wildman–Crippen MR) is 72.6 cm³/mol. The number of rotatable bonds is 6. The van der Waals surface area contributed by atoms with Gasteiger partial charge in [0.15, 0.2) is 0 Å². The van der Waals surface area contributed by atoms with Crippen molar-refractivity contribution in [2.45, 2.75) is 19.9 Å². The van der Waals surface area contributed by atoms with E-state index >= 15 is 0 Å². The second-order valence-electron chi connectivity index (χ2n) is 4.59. The minimum Gasteiger partial charge on any atom is -0.395 e. The van der Waals surface area contributed by atoms with Crippen molar-refractivity contribution in [1.82, 2.24) is 14.9 Å². The summed E-state index contributed by atoms with van der Waals surface area (Å²) in [7, 11) is 0. The highest BCUT2D eigenvalue weighted by molar-refractivity contribution is 5.80. The number of fused-ring (bicyclic) bond motifs is 1. The summed E-state index contributed by atoms with van der Waals surface area (Å²) in [6, 6.07) is 7.59. The van der Waals surface area contributed by atoms with E-state index in [-0.39, 0.29) is 19.7 Å². The van der Waals surface area contributed by atoms with Gasteiger partial charge in [0.05, 0.1) is 25.2 Å². The lowest BCUT2D eigenvalue weighted by atomic mass is 10.2. The fraction of sp³-hybridized carbons (Fsp3) is 0.429. The molecule has 0 aliphatic heterocycles. The molecular weight excluding hydrogens is 264 g/mol. The molecule has 4 nitrogen and oxygen atoms in total. The van der Waals surface area contributed by atoms with Gasteiger partial charge in [0.2, 0.25) is 0 Å². The number of hydrogen-bond acceptors (Lipinski definition) is 4. The highest BCUT2D eigenvalue weighted by Crippen LogP contribution is 2.15. The Morgan fingerprint density at radius 1 is 1.25 bits per heavy atom. The second-order valence-corrected chi connectivity index (χ2v) is 4.59. The van der Waals surface area contributed by atoms with Gasteiger partial charge in [0.1, 0.15) is 5.82 Å². The molecule has 1 aromatic heterocycles. The number of para-hydroxylation sites is 1. The third-order valence-corrected chi connectivity index (χ3v) is 3.02. The molecule has 0 amide bonds. The molecule has 0 atom stereocenters. The van der Waals surface area contributed by atoms with Crippen LogP contribution in [0.3, 0.4) is 0 Å². The molecule has 0 unspecified atom stereocenters. The van der Waals surface area contributed by atoms with Gasteiger partial charge in [-0.05, 0) is 13.0 Å². The van der Waals surface area contributed by atoms with Crippen molar-refractivity contribution in [3.8, 4) is 0 Å². The lowest BCUT2D eigenvalue weighted by Crippen LogP contribution is -2.32. The number of aryl methyl sites for hydroxylation is 1. The Labute approximate surface area is 116 Å². The zero-order chi connectivity index (χ0) is 14.5. The SMILES string of the molecule is Cc1nc(CN(CCO)CC(F)F)nc2ccccc12. The summed E-state index contributed by atoms with van der Waals surface area (Å²) in [6.45, 7) is 1.70. The maximum atomic E-state index is 12.5. The average Bonchev–Trinajstić information content (AvgIpc) is 2.38. The average molecular weight is 281 g/mol. The Kier molecular flexibility index (Phi) is 4.92. The van der Waals surface area contributed by atoms with Gasteiger partial charge in [-0.15, -0.1) is 0 Å². The molecule has 2 rings (SSSR count). The van der Waals surface area contributed by atoms with Gasteiger partial charge in [-0.2, -0.15) is 0 Å². The first kappa shape index (κ1) is 14.7. The molecule has 1 aromatic carbocycles. The predicted octanol–water partition coefficient (Wildman–Crippen LogP) is 2.00. The first-order chi connectivity index (χ1) is 9.60. The number of aliphatic hydroxyl groups is 1. The Bertz CT molecular complexity index is 577. The number of hydrogen-bond donors (Lipinski definition) is 1. The Morgan fingerprint density at radius 3 is 2.70 bits per heavy atom. The highest BCUT2D eigenvalue weighted by atomic mass is 19.3. The summed E-state index contributed by atoms with van der Waals surface area (Å²) in [4.78, 5) is 10.2. The fourth-order valence-corrected chi connectivity index (χ4v) is 2.14. The maximum absolute atomic E-state index is 12.5. The van der Waals surface area contributed by atoms with Gasteiger partial charge in [-0.25, -0.2) is 18.7 Å². The van der Waals surface area contributed by atoms with Crippen molar-refractivity contribution in [2.75, 3.05) is 19.7 Å². The van der Waals surface area contributed by atoms with Crippen LogP contribution in [-0.4, -0.2) is 46.1 Å². The fourth-order valence-electron chi connectivity index (χ4n) is 2.14. The Balaban J connectivity index is 2.23. The van der Waals surface area contributed by atoms with Crippen LogP contribution in [0.2, 0.25) is 0 Å². The van der Waals surface area contributed by atoms with Crippen LogP contribution in [0.15, 0.2) is 24.3 Å². The first-order valence-corrected chi connectivity index (χ1v) is 6.43. The molecule has 1 N–H and O–H groups in total. The maximum Gasteiger partial charge on any atom is 0.251 e. The lowest BCUT2D eigenvalue weighted by Gasteiger charge is -2.20. The van der Waals surface area contributed by atoms with Gasteiger partial charge in [0, 0.05) is 17.6 Å². The number of aliphatic hydroxyl groups excluding tert-OH is 1. The van der Waals surface area contributed by atoms with Crippen LogP contribution in [-0.2, 0) is 6.54 Å². The number of aromatic nitrogens is 2. The molecule has 6 heteroatoms. The summed E-state index contributed by atoms with van der Waals surface area (Å²) >= 11 is 0. The quantitative estimate of drug-likeness (QED) is 0.880. The van der Waals surface area contributed by atoms with Crippen LogP contribution in [0.25, 0.3) is 10.9 Å². The van der Waals surface area contributed by atoms with E-state index in [1.54, 1.807) is 0 Å². The van der Waals surface area contributed by atoms with E-state index in [0.717, 1.165) is 16.6 Å². The largest absolute Gasteiger partial charge is 0.395 e. The summed E-state index contributed by atoms with van der Waals surface area (Å²) in [5.74, 6) is 0.496. The molecule has 0 aliphatic rings. The minimum atomic E-state index is -2.44. The van der Waals surface area contributed by atoms with E-state index in [4.69, 9.17) is 5.11 Å². The highest BCUT2D eigenvalue weighted by Gasteiger charge is 2.14. The lowest BCUT2D eigenvalue weighted by molar-refractivity contribution is 0.0734. The standard InChI is InChI=1S/C14H17F2N3O/c1-10-11-4-2-3-5-12(11)18-14(17-10)9-19(6-7-20)8-13(15)16/h2-5,13,20H,6-9H2,1H3. The van der Waals surface area contributed by atoms with Gasteiger partial charge in [0.25, 0.3) is 6.43 Å². The number of benzene rings is 1. The van der Waals surface area contributed by atoms with Crippen molar-refractivity contribution >= 4 is 10.9 Å². The van der Waals surface area contributed by atoms with Crippen molar-refractivity contribution < 1.29 is 13.9 Å². The van der Waals surface area contributed by atoms with Crippen LogP contribution in [0.1, 0.15) is 11.5 Å². The number of halogens is 2. The van der Waals surface area contributed by atoms with E-state index in [1.165, 1.54) is 4.90 Å². The zero-order valence-corrected chi connectivity index (χ0v) is 11.3. The Hall–Kier alpha value is -1.66. The van der Waals surface area contributed by atoms with Crippen LogP contribution < -0.4 is 0 Å². The third-order valence-electron chi connectivity index (χ3n) is 3.02. The van der Waals surface area contributed by atoms with Crippen molar-refractivity contribution in [3.63, 3.8) is 0 Å². The normalized spacial score (nSPS) is 11.7. The molecule has 108 valence electrons. The van der Waals surface area contributed by atoms with Crippen molar-refractivity contribution in [1.29, 1.82) is 0 Å². The second kappa shape index (κ2) is 6.67. The van der Waals surface area contributed by atoms with Crippen molar-refractivity contribution in [2.24, 2.45) is 0 Å². The molecule has 0 aliphatic carbocycles. The molecule has 1 heterocycles. The topological polar surface area (TPSA) is 49.2 Å². The zero-order valence-electron chi connectivity index (χ0n) is 11.3. The molecule has 0 bridgehead atoms. The summed E-state index contributed by atoms with van der Waals surface area (Å²) in [6.07, 6.45) is -2.44. The van der Waals surface area contributed by atoms with Crippen molar-refractivity contribution in [3.05, 3.63) is 35.8 Å². The summed E-state index contributed by atoms with van der Waals surface area (Å²) < 4.78 is 25.0. The van der Waals surface area contributed by atoms with Gasteiger partial charge >= 0.3 is 0 Å². The van der Waals surface area contributed by atoms with E-state index in [1.807, 2.05) is 31.2 Å². The van der Waals surface area contributed by atoms with E-state index in [9.17, 15) is 8.78 Å². The smallest absolute Gasteiger partial charge is 0.251 e. The molecular formula is C14H17F2N3O. The summed E-state index contributed by atoms with van der Waals surface area (Å²) in [5.41, 5.74) is 1.63. The molecule has 0 saturated heterocycles. The molecule has 0 fully saturated rings. The number of nitrogens with zero attached hydrogens (tertiary/aromatic N) is 3. The molecule has 0 spiro atoms. The van der Waals surface area contributed by atoms with Crippen LogP contribution >= 0.6 is 0 Å². The Morgan fingerprint density at radius 2 is 2.00 bits per heavy atom. The number of alkyl halides is 2. The molecule has 2 aromatic rings. The van der Waals surface area contributed by atoms with Crippen LogP contribution in [0.5, 0.6) is 0 Å².